The minimum Gasteiger partial charge on any atom is -0.491 e. The van der Waals surface area contributed by atoms with Crippen LogP contribution in [-0.4, -0.2) is 25.4 Å². The van der Waals surface area contributed by atoms with Crippen molar-refractivity contribution < 1.29 is 9.47 Å². The van der Waals surface area contributed by atoms with Crippen molar-refractivity contribution in [2.24, 2.45) is 0 Å². The van der Waals surface area contributed by atoms with E-state index in [0.717, 1.165) is 25.3 Å². The van der Waals surface area contributed by atoms with Gasteiger partial charge in [-0.2, -0.15) is 0 Å². The van der Waals surface area contributed by atoms with Crippen molar-refractivity contribution in [3.05, 3.63) is 29.8 Å². The van der Waals surface area contributed by atoms with E-state index in [1.54, 1.807) is 7.11 Å². The molecule has 1 aromatic carbocycles. The molecule has 1 N–H and O–H groups in total. The van der Waals surface area contributed by atoms with E-state index in [2.05, 4.69) is 45.1 Å². The predicted molar refractivity (Wildman–Crippen MR) is 79.6 cm³/mol. The molecule has 19 heavy (non-hydrogen) atoms. The van der Waals surface area contributed by atoms with Crippen LogP contribution in [0.3, 0.4) is 0 Å². The van der Waals surface area contributed by atoms with E-state index >= 15 is 0 Å². The smallest absolute Gasteiger partial charge is 0.120 e. The summed E-state index contributed by atoms with van der Waals surface area (Å²) in [7, 11) is 1.71. The fourth-order valence-corrected chi connectivity index (χ4v) is 1.67. The average Bonchev–Trinajstić information content (AvgIpc) is 2.33. The molecule has 1 atom stereocenters. The summed E-state index contributed by atoms with van der Waals surface area (Å²) in [6, 6.07) is 8.26. The van der Waals surface area contributed by atoms with Crippen molar-refractivity contribution in [1.82, 2.24) is 5.32 Å². The molecule has 0 fully saturated rings. The Hall–Kier alpha value is -1.06. The highest BCUT2D eigenvalue weighted by atomic mass is 16.5. The van der Waals surface area contributed by atoms with Crippen LogP contribution in [0.1, 0.15) is 39.7 Å². The third-order valence-electron chi connectivity index (χ3n) is 2.79. The Balaban J connectivity index is 2.52. The highest BCUT2D eigenvalue weighted by Gasteiger charge is 2.09. The Morgan fingerprint density at radius 2 is 2.00 bits per heavy atom. The van der Waals surface area contributed by atoms with E-state index in [1.807, 2.05) is 12.1 Å². The molecule has 0 aliphatic carbocycles. The first-order chi connectivity index (χ1) is 8.90. The van der Waals surface area contributed by atoms with Gasteiger partial charge < -0.3 is 14.8 Å². The first kappa shape index (κ1) is 16.0. The maximum absolute atomic E-state index is 5.88. The highest BCUT2D eigenvalue weighted by Crippen LogP contribution is 2.16. The van der Waals surface area contributed by atoms with Gasteiger partial charge in [-0.05, 0) is 45.4 Å². The van der Waals surface area contributed by atoms with Crippen LogP contribution in [-0.2, 0) is 11.3 Å². The molecule has 1 unspecified atom stereocenters. The molecular formula is C16H27NO2. The fourth-order valence-electron chi connectivity index (χ4n) is 1.67. The van der Waals surface area contributed by atoms with Crippen LogP contribution >= 0.6 is 0 Å². The standard InChI is InChI=1S/C16H27NO2/c1-13(9-10-18-5)19-15-8-6-7-14(11-15)12-17-16(2,3)4/h6-8,11,13,17H,9-10,12H2,1-5H3. The number of hydrogen-bond donors (Lipinski definition) is 1. The van der Waals surface area contributed by atoms with Gasteiger partial charge >= 0.3 is 0 Å². The van der Waals surface area contributed by atoms with Crippen LogP contribution in [0.15, 0.2) is 24.3 Å². The van der Waals surface area contributed by atoms with E-state index < -0.39 is 0 Å². The molecule has 0 heterocycles. The SMILES string of the molecule is COCCC(C)Oc1cccc(CNC(C)(C)C)c1. The van der Waals surface area contributed by atoms with Gasteiger partial charge in [0.2, 0.25) is 0 Å². The van der Waals surface area contributed by atoms with Crippen LogP contribution < -0.4 is 10.1 Å². The number of methoxy groups -OCH3 is 1. The average molecular weight is 265 g/mol. The number of hydrogen-bond acceptors (Lipinski definition) is 3. The maximum atomic E-state index is 5.88. The Labute approximate surface area is 117 Å². The molecule has 1 rings (SSSR count). The molecule has 0 aromatic heterocycles. The van der Waals surface area contributed by atoms with E-state index in [9.17, 15) is 0 Å². The molecule has 0 amide bonds. The number of benzene rings is 1. The number of ether oxygens (including phenoxy) is 2. The Kier molecular flexibility index (Phi) is 6.32. The molecule has 0 spiro atoms. The van der Waals surface area contributed by atoms with Crippen LogP contribution in [0.2, 0.25) is 0 Å². The van der Waals surface area contributed by atoms with Gasteiger partial charge in [0.25, 0.3) is 0 Å². The molecule has 0 aliphatic heterocycles. The summed E-state index contributed by atoms with van der Waals surface area (Å²) in [5.41, 5.74) is 1.37. The van der Waals surface area contributed by atoms with E-state index in [4.69, 9.17) is 9.47 Å². The summed E-state index contributed by atoms with van der Waals surface area (Å²) < 4.78 is 10.9. The van der Waals surface area contributed by atoms with Crippen molar-refractivity contribution in [2.45, 2.75) is 52.3 Å². The predicted octanol–water partition coefficient (Wildman–Crippen LogP) is 3.38. The van der Waals surface area contributed by atoms with Crippen molar-refractivity contribution in [3.8, 4) is 5.75 Å². The van der Waals surface area contributed by atoms with E-state index in [1.165, 1.54) is 5.56 Å². The Morgan fingerprint density at radius 3 is 2.63 bits per heavy atom. The van der Waals surface area contributed by atoms with Crippen molar-refractivity contribution in [1.29, 1.82) is 0 Å². The topological polar surface area (TPSA) is 30.5 Å². The van der Waals surface area contributed by atoms with Gasteiger partial charge in [-0.25, -0.2) is 0 Å². The van der Waals surface area contributed by atoms with Gasteiger partial charge in [0, 0.05) is 32.2 Å². The normalized spacial score (nSPS) is 13.3. The minimum atomic E-state index is 0.128. The first-order valence-corrected chi connectivity index (χ1v) is 6.90. The lowest BCUT2D eigenvalue weighted by Gasteiger charge is -2.21. The third kappa shape index (κ3) is 7.19. The molecule has 0 saturated heterocycles. The van der Waals surface area contributed by atoms with Gasteiger partial charge in [0.15, 0.2) is 0 Å². The maximum Gasteiger partial charge on any atom is 0.120 e. The quantitative estimate of drug-likeness (QED) is 0.820. The van der Waals surface area contributed by atoms with Crippen molar-refractivity contribution in [3.63, 3.8) is 0 Å². The number of nitrogens with one attached hydrogen (secondary N) is 1. The monoisotopic (exact) mass is 265 g/mol. The lowest BCUT2D eigenvalue weighted by atomic mass is 10.1. The summed E-state index contributed by atoms with van der Waals surface area (Å²) in [6.45, 7) is 10.2. The minimum absolute atomic E-state index is 0.128. The van der Waals surface area contributed by atoms with Gasteiger partial charge in [-0.1, -0.05) is 12.1 Å². The van der Waals surface area contributed by atoms with Gasteiger partial charge in [0.05, 0.1) is 6.10 Å². The van der Waals surface area contributed by atoms with Crippen LogP contribution in [0, 0.1) is 0 Å². The van der Waals surface area contributed by atoms with Gasteiger partial charge in [0.1, 0.15) is 5.75 Å². The van der Waals surface area contributed by atoms with Crippen molar-refractivity contribution >= 4 is 0 Å². The van der Waals surface area contributed by atoms with Crippen LogP contribution in [0.4, 0.5) is 0 Å². The summed E-state index contributed by atoms with van der Waals surface area (Å²) in [4.78, 5) is 0. The second-order valence-electron chi connectivity index (χ2n) is 5.96. The molecule has 108 valence electrons. The van der Waals surface area contributed by atoms with Crippen LogP contribution in [0.5, 0.6) is 5.75 Å². The van der Waals surface area contributed by atoms with Gasteiger partial charge in [-0.15, -0.1) is 0 Å². The zero-order chi connectivity index (χ0) is 14.3. The summed E-state index contributed by atoms with van der Waals surface area (Å²) >= 11 is 0. The zero-order valence-corrected chi connectivity index (χ0v) is 12.8. The highest BCUT2D eigenvalue weighted by molar-refractivity contribution is 5.28. The molecule has 0 bridgehead atoms. The summed E-state index contributed by atoms with van der Waals surface area (Å²) in [6.07, 6.45) is 1.08. The third-order valence-corrected chi connectivity index (χ3v) is 2.79. The molecule has 1 aromatic rings. The second kappa shape index (κ2) is 7.51. The molecule has 0 aliphatic rings. The summed E-state index contributed by atoms with van der Waals surface area (Å²) in [5.74, 6) is 0.928. The molecule has 3 nitrogen and oxygen atoms in total. The Morgan fingerprint density at radius 1 is 1.26 bits per heavy atom. The second-order valence-corrected chi connectivity index (χ2v) is 5.96. The zero-order valence-electron chi connectivity index (χ0n) is 12.8. The lowest BCUT2D eigenvalue weighted by molar-refractivity contribution is 0.135. The van der Waals surface area contributed by atoms with E-state index in [0.29, 0.717) is 0 Å². The molecular weight excluding hydrogens is 238 g/mol. The lowest BCUT2D eigenvalue weighted by Crippen LogP contribution is -2.35. The molecule has 0 saturated carbocycles. The first-order valence-electron chi connectivity index (χ1n) is 6.90. The summed E-state index contributed by atoms with van der Waals surface area (Å²) in [5, 5.41) is 3.48. The fraction of sp³-hybridized carbons (Fsp3) is 0.625. The number of rotatable bonds is 7. The molecule has 0 radical (unpaired) electrons. The Bertz CT molecular complexity index is 371. The largest absolute Gasteiger partial charge is 0.491 e. The van der Waals surface area contributed by atoms with E-state index in [-0.39, 0.29) is 11.6 Å². The van der Waals surface area contributed by atoms with Gasteiger partial charge in [-0.3, -0.25) is 0 Å². The molecule has 3 heteroatoms. The van der Waals surface area contributed by atoms with Crippen molar-refractivity contribution in [2.75, 3.05) is 13.7 Å². The van der Waals surface area contributed by atoms with Crippen LogP contribution in [0.25, 0.3) is 0 Å².